The molecule has 3 amide bonds. The Morgan fingerprint density at radius 3 is 1.70 bits per heavy atom. The van der Waals surface area contributed by atoms with E-state index in [0.717, 1.165) is 102 Å². The quantitative estimate of drug-likeness (QED) is 0.144. The van der Waals surface area contributed by atoms with Crippen molar-refractivity contribution < 1.29 is 23.9 Å². The molecule has 0 bridgehead atoms. The first-order valence-corrected chi connectivity index (χ1v) is 20.0. The van der Waals surface area contributed by atoms with E-state index >= 15 is 0 Å². The third-order valence-electron chi connectivity index (χ3n) is 11.7. The molecule has 4 aliphatic heterocycles. The van der Waals surface area contributed by atoms with Crippen LogP contribution in [0.1, 0.15) is 86.7 Å². The highest BCUT2D eigenvalue weighted by Gasteiger charge is 2.39. The molecule has 2 aromatic heterocycles. The average Bonchev–Trinajstić information content (AvgIpc) is 4.10. The number of benzene rings is 3. The minimum atomic E-state index is -0.807. The molecule has 3 unspecified atom stereocenters. The summed E-state index contributed by atoms with van der Waals surface area (Å²) in [6.45, 7) is 2.55. The molecular formula is C44H47N7O5. The number of ether oxygens (including phenoxy) is 2. The maximum atomic E-state index is 14.2. The Balaban J connectivity index is 0.859. The lowest BCUT2D eigenvalue weighted by Crippen LogP contribution is -2.45. The second-order valence-corrected chi connectivity index (χ2v) is 15.3. The molecule has 3 aromatic carbocycles. The summed E-state index contributed by atoms with van der Waals surface area (Å²) in [6.07, 6.45) is 9.56. The summed E-state index contributed by atoms with van der Waals surface area (Å²) in [4.78, 5) is 60.6. The number of hydrogen-bond donors (Lipinski definition) is 3. The van der Waals surface area contributed by atoms with E-state index in [4.69, 9.17) is 19.4 Å². The second-order valence-electron chi connectivity index (χ2n) is 15.3. The van der Waals surface area contributed by atoms with Gasteiger partial charge in [-0.05, 0) is 79.2 Å². The zero-order valence-corrected chi connectivity index (χ0v) is 31.4. The Kier molecular flexibility index (Phi) is 10.2. The first-order valence-electron chi connectivity index (χ1n) is 20.0. The number of hydrogen-bond acceptors (Lipinski definition) is 7. The van der Waals surface area contributed by atoms with E-state index in [1.165, 1.54) is 0 Å². The number of nitrogens with one attached hydrogen (secondary N) is 3. The minimum Gasteiger partial charge on any atom is -0.368 e. The van der Waals surface area contributed by atoms with Gasteiger partial charge in [0.2, 0.25) is 11.8 Å². The van der Waals surface area contributed by atoms with Gasteiger partial charge in [-0.25, -0.2) is 9.97 Å². The molecule has 0 radical (unpaired) electrons. The van der Waals surface area contributed by atoms with Gasteiger partial charge in [0.1, 0.15) is 29.9 Å². The van der Waals surface area contributed by atoms with Crippen LogP contribution < -0.4 is 5.32 Å². The molecule has 56 heavy (non-hydrogen) atoms. The molecule has 4 saturated heterocycles. The number of H-pyrrole nitrogens is 2. The van der Waals surface area contributed by atoms with E-state index in [1.807, 2.05) is 52.5 Å². The predicted molar refractivity (Wildman–Crippen MR) is 210 cm³/mol. The molecule has 288 valence electrons. The molecule has 0 spiro atoms. The number of imidazole rings is 2. The van der Waals surface area contributed by atoms with Crippen LogP contribution in [0.15, 0.2) is 91.3 Å². The van der Waals surface area contributed by atoms with Crippen molar-refractivity contribution in [3.05, 3.63) is 108 Å². The second kappa shape index (κ2) is 15.9. The van der Waals surface area contributed by atoms with Crippen LogP contribution in [0.2, 0.25) is 0 Å². The Morgan fingerprint density at radius 1 is 0.625 bits per heavy atom. The molecule has 12 nitrogen and oxygen atoms in total. The largest absolute Gasteiger partial charge is 0.368 e. The summed E-state index contributed by atoms with van der Waals surface area (Å²) in [5.74, 6) is 1.26. The average molecular weight is 754 g/mol. The maximum absolute atomic E-state index is 14.2. The van der Waals surface area contributed by atoms with Crippen LogP contribution in [-0.2, 0) is 23.9 Å². The molecule has 0 aliphatic carbocycles. The molecule has 4 aliphatic rings. The van der Waals surface area contributed by atoms with Crippen molar-refractivity contribution in [1.29, 1.82) is 0 Å². The third-order valence-corrected chi connectivity index (χ3v) is 11.7. The lowest BCUT2D eigenvalue weighted by atomic mass is 10.0. The lowest BCUT2D eigenvalue weighted by Gasteiger charge is -2.29. The number of nitrogens with zero attached hydrogens (tertiary/aromatic N) is 4. The normalized spacial score (nSPS) is 22.8. The van der Waals surface area contributed by atoms with Crippen molar-refractivity contribution in [1.82, 2.24) is 35.1 Å². The van der Waals surface area contributed by atoms with E-state index in [0.29, 0.717) is 26.2 Å². The Labute approximate surface area is 326 Å². The number of amides is 3. The van der Waals surface area contributed by atoms with Gasteiger partial charge >= 0.3 is 0 Å². The fourth-order valence-corrected chi connectivity index (χ4v) is 8.70. The molecule has 6 heterocycles. The summed E-state index contributed by atoms with van der Waals surface area (Å²) >= 11 is 0. The van der Waals surface area contributed by atoms with Crippen molar-refractivity contribution >= 4 is 17.7 Å². The molecule has 0 saturated carbocycles. The van der Waals surface area contributed by atoms with E-state index < -0.39 is 12.1 Å². The van der Waals surface area contributed by atoms with Crippen LogP contribution in [0.25, 0.3) is 33.6 Å². The van der Waals surface area contributed by atoms with Gasteiger partial charge in [-0.3, -0.25) is 14.4 Å². The highest BCUT2D eigenvalue weighted by atomic mass is 16.5. The number of likely N-dealkylation sites (tertiary alicyclic amines) is 2. The molecule has 3 N–H and O–H groups in total. The van der Waals surface area contributed by atoms with Gasteiger partial charge in [-0.1, -0.05) is 78.9 Å². The van der Waals surface area contributed by atoms with Gasteiger partial charge in [0.05, 0.1) is 35.9 Å². The van der Waals surface area contributed by atoms with Gasteiger partial charge < -0.3 is 34.6 Å². The zero-order valence-electron chi connectivity index (χ0n) is 31.4. The van der Waals surface area contributed by atoms with E-state index in [-0.39, 0.29) is 35.9 Å². The first kappa shape index (κ1) is 36.1. The standard InChI is InChI=1S/C44H47N7O5/c52-42(37-12-6-24-55-37)49-39(32-8-2-1-3-9-32)44(54)51-23-5-11-36(51)41-46-27-34(48-41)31-20-16-29(17-21-31)28-14-18-30(19-15-28)33-26-45-40(47-33)35-10-4-22-50(35)43(53)38-13-7-25-56-38/h1-3,8-9,14-21,26-27,35-39H,4-7,10-13,22-25H2,(H,45,47)(H,46,48)(H,49,52)/t35?,36?,37-,38?,39-/m1/s1. The molecule has 5 aromatic rings. The Hall–Kier alpha value is -5.59. The zero-order chi connectivity index (χ0) is 38.0. The van der Waals surface area contributed by atoms with Crippen LogP contribution in [0.4, 0.5) is 0 Å². The van der Waals surface area contributed by atoms with Crippen LogP contribution in [-0.4, -0.2) is 86.0 Å². The maximum Gasteiger partial charge on any atom is 0.252 e. The predicted octanol–water partition coefficient (Wildman–Crippen LogP) is 6.68. The van der Waals surface area contributed by atoms with Gasteiger partial charge in [0.25, 0.3) is 5.91 Å². The Morgan fingerprint density at radius 2 is 1.14 bits per heavy atom. The summed E-state index contributed by atoms with van der Waals surface area (Å²) in [6, 6.07) is 25.1. The highest BCUT2D eigenvalue weighted by molar-refractivity contribution is 5.90. The molecule has 9 rings (SSSR count). The van der Waals surface area contributed by atoms with Crippen molar-refractivity contribution in [2.45, 2.75) is 81.7 Å². The van der Waals surface area contributed by atoms with Crippen LogP contribution >= 0.6 is 0 Å². The highest BCUT2D eigenvalue weighted by Crippen LogP contribution is 2.36. The fourth-order valence-electron chi connectivity index (χ4n) is 8.70. The smallest absolute Gasteiger partial charge is 0.252 e. The van der Waals surface area contributed by atoms with E-state index in [9.17, 15) is 14.4 Å². The monoisotopic (exact) mass is 753 g/mol. The molecule has 12 heteroatoms. The van der Waals surface area contributed by atoms with Crippen LogP contribution in [0, 0.1) is 0 Å². The van der Waals surface area contributed by atoms with Gasteiger partial charge in [-0.2, -0.15) is 0 Å². The topological polar surface area (TPSA) is 146 Å². The van der Waals surface area contributed by atoms with Crippen molar-refractivity contribution in [2.75, 3.05) is 26.3 Å². The summed E-state index contributed by atoms with van der Waals surface area (Å²) < 4.78 is 11.3. The first-order chi connectivity index (χ1) is 27.5. The summed E-state index contributed by atoms with van der Waals surface area (Å²) in [5.41, 5.74) is 6.75. The number of carbonyl (C=O) groups excluding carboxylic acids is 3. The van der Waals surface area contributed by atoms with Gasteiger partial charge in [-0.15, -0.1) is 0 Å². The summed E-state index contributed by atoms with van der Waals surface area (Å²) in [5, 5.41) is 3.00. The number of carbonyl (C=O) groups is 3. The van der Waals surface area contributed by atoms with Gasteiger partial charge in [0.15, 0.2) is 0 Å². The number of aromatic nitrogens is 4. The summed E-state index contributed by atoms with van der Waals surface area (Å²) in [7, 11) is 0. The minimum absolute atomic E-state index is 0.0491. The van der Waals surface area contributed by atoms with E-state index in [1.54, 1.807) is 0 Å². The van der Waals surface area contributed by atoms with Crippen molar-refractivity contribution in [3.8, 4) is 33.6 Å². The van der Waals surface area contributed by atoms with Crippen molar-refractivity contribution in [2.24, 2.45) is 0 Å². The Bertz CT molecular complexity index is 2150. The number of aromatic amines is 2. The molecular weight excluding hydrogens is 707 g/mol. The fraction of sp³-hybridized carbons (Fsp3) is 0.386. The third kappa shape index (κ3) is 7.26. The van der Waals surface area contributed by atoms with Crippen LogP contribution in [0.5, 0.6) is 0 Å². The molecule has 5 atom stereocenters. The van der Waals surface area contributed by atoms with Crippen LogP contribution in [0.3, 0.4) is 0 Å². The van der Waals surface area contributed by atoms with E-state index in [2.05, 4.69) is 63.8 Å². The number of rotatable bonds is 10. The lowest BCUT2D eigenvalue weighted by molar-refractivity contribution is -0.142. The SMILES string of the molecule is O=C(N[C@@H](C(=O)N1CCCC1c1ncc(-c2ccc(-c3ccc(-c4cnc(C5CCCN5C(=O)C5CCCO5)[nH]4)cc3)cc2)[nH]1)c1ccccc1)[C@H]1CCCO1. The van der Waals surface area contributed by atoms with Crippen molar-refractivity contribution in [3.63, 3.8) is 0 Å². The molecule has 4 fully saturated rings. The van der Waals surface area contributed by atoms with Gasteiger partial charge in [0, 0.05) is 26.3 Å².